The lowest BCUT2D eigenvalue weighted by atomic mass is 10.1. The third-order valence-corrected chi connectivity index (χ3v) is 4.30. The van der Waals surface area contributed by atoms with Crippen LogP contribution in [0.15, 0.2) is 64.6 Å². The largest absolute Gasteiger partial charge is 0.457 e. The van der Waals surface area contributed by atoms with Crippen LogP contribution in [-0.2, 0) is 4.79 Å². The van der Waals surface area contributed by atoms with E-state index in [9.17, 15) is 20.2 Å². The molecule has 0 aliphatic rings. The predicted octanol–water partition coefficient (Wildman–Crippen LogP) is 5.36. The third-order valence-electron chi connectivity index (χ3n) is 4.07. The number of nitrogens with one attached hydrogen (secondary N) is 1. The molecule has 2 aromatic carbocycles. The molecule has 3 aromatic rings. The van der Waals surface area contributed by atoms with Crippen molar-refractivity contribution < 1.29 is 14.1 Å². The van der Waals surface area contributed by atoms with E-state index in [1.807, 2.05) is 12.1 Å². The minimum atomic E-state index is -0.697. The number of aryl methyl sites for hydroxylation is 1. The molecule has 0 atom stereocenters. The Morgan fingerprint density at radius 1 is 1.24 bits per heavy atom. The van der Waals surface area contributed by atoms with Gasteiger partial charge in [0.25, 0.3) is 11.6 Å². The van der Waals surface area contributed by atoms with Crippen LogP contribution in [0.4, 0.5) is 11.4 Å². The van der Waals surface area contributed by atoms with Gasteiger partial charge < -0.3 is 9.73 Å². The first-order valence-corrected chi connectivity index (χ1v) is 8.79. The Labute approximate surface area is 171 Å². The zero-order valence-electron chi connectivity index (χ0n) is 15.2. The van der Waals surface area contributed by atoms with E-state index in [2.05, 4.69) is 5.32 Å². The summed E-state index contributed by atoms with van der Waals surface area (Å²) in [6.07, 6.45) is 1.30. The number of hydrogen-bond donors (Lipinski definition) is 1. The molecule has 1 N–H and O–H groups in total. The SMILES string of the molecule is Cc1ccc([N+](=O)[O-])cc1NC(=O)C(C#N)=Cc1ccc(-c2cccc(Cl)c2)o1. The second kappa shape index (κ2) is 8.42. The normalized spacial score (nSPS) is 11.0. The summed E-state index contributed by atoms with van der Waals surface area (Å²) in [5.41, 5.74) is 1.27. The number of nitro benzene ring substituents is 1. The first-order chi connectivity index (χ1) is 13.9. The Morgan fingerprint density at radius 2 is 2.03 bits per heavy atom. The number of rotatable bonds is 5. The monoisotopic (exact) mass is 407 g/mol. The number of non-ortho nitro benzene ring substituents is 1. The van der Waals surface area contributed by atoms with Gasteiger partial charge in [0.1, 0.15) is 23.2 Å². The molecule has 0 spiro atoms. The summed E-state index contributed by atoms with van der Waals surface area (Å²) in [6.45, 7) is 1.69. The molecule has 0 unspecified atom stereocenters. The molecule has 1 aromatic heterocycles. The summed E-state index contributed by atoms with van der Waals surface area (Å²) >= 11 is 5.98. The Balaban J connectivity index is 1.84. The number of benzene rings is 2. The highest BCUT2D eigenvalue weighted by Gasteiger charge is 2.15. The van der Waals surface area contributed by atoms with Crippen molar-refractivity contribution >= 4 is 35.0 Å². The number of carbonyl (C=O) groups is 1. The highest BCUT2D eigenvalue weighted by Crippen LogP contribution is 2.26. The highest BCUT2D eigenvalue weighted by molar-refractivity contribution is 6.30. The van der Waals surface area contributed by atoms with E-state index in [0.717, 1.165) is 5.56 Å². The van der Waals surface area contributed by atoms with Gasteiger partial charge >= 0.3 is 0 Å². The zero-order chi connectivity index (χ0) is 21.0. The van der Waals surface area contributed by atoms with Gasteiger partial charge in [-0.05, 0) is 36.8 Å². The minimum Gasteiger partial charge on any atom is -0.457 e. The average Bonchev–Trinajstić information content (AvgIpc) is 3.16. The molecular weight excluding hydrogens is 394 g/mol. The summed E-state index contributed by atoms with van der Waals surface area (Å²) in [5, 5.41) is 23.4. The smallest absolute Gasteiger partial charge is 0.271 e. The summed E-state index contributed by atoms with van der Waals surface area (Å²) in [4.78, 5) is 22.8. The molecule has 8 heteroatoms. The Bertz CT molecular complexity index is 1170. The maximum Gasteiger partial charge on any atom is 0.271 e. The van der Waals surface area contributed by atoms with E-state index in [1.54, 1.807) is 37.3 Å². The van der Waals surface area contributed by atoms with Crippen LogP contribution in [0, 0.1) is 28.4 Å². The molecule has 7 nitrogen and oxygen atoms in total. The van der Waals surface area contributed by atoms with Crippen LogP contribution >= 0.6 is 11.6 Å². The first-order valence-electron chi connectivity index (χ1n) is 8.41. The van der Waals surface area contributed by atoms with Gasteiger partial charge in [0.2, 0.25) is 0 Å². The maximum atomic E-state index is 12.5. The second-order valence-corrected chi connectivity index (χ2v) is 6.53. The summed E-state index contributed by atoms with van der Waals surface area (Å²) in [6, 6.07) is 16.3. The van der Waals surface area contributed by atoms with Crippen molar-refractivity contribution in [2.24, 2.45) is 0 Å². The quantitative estimate of drug-likeness (QED) is 0.265. The number of hydrogen-bond acceptors (Lipinski definition) is 5. The molecule has 0 aliphatic carbocycles. The first kappa shape index (κ1) is 19.9. The molecule has 3 rings (SSSR count). The summed E-state index contributed by atoms with van der Waals surface area (Å²) in [7, 11) is 0. The molecule has 0 saturated carbocycles. The number of nitro groups is 1. The molecule has 0 bridgehead atoms. The van der Waals surface area contributed by atoms with Gasteiger partial charge in [-0.1, -0.05) is 29.8 Å². The number of nitriles is 1. The highest BCUT2D eigenvalue weighted by atomic mass is 35.5. The number of anilines is 1. The lowest BCUT2D eigenvalue weighted by molar-refractivity contribution is -0.384. The van der Waals surface area contributed by atoms with E-state index in [4.69, 9.17) is 16.0 Å². The molecule has 0 saturated heterocycles. The van der Waals surface area contributed by atoms with Crippen LogP contribution in [0.2, 0.25) is 5.02 Å². The van der Waals surface area contributed by atoms with Gasteiger partial charge in [-0.15, -0.1) is 0 Å². The number of nitrogens with zero attached hydrogens (tertiary/aromatic N) is 2. The topological polar surface area (TPSA) is 109 Å². The third kappa shape index (κ3) is 4.69. The van der Waals surface area contributed by atoms with Crippen LogP contribution in [0.5, 0.6) is 0 Å². The molecular formula is C21H14ClN3O4. The van der Waals surface area contributed by atoms with E-state index < -0.39 is 10.8 Å². The number of halogens is 1. The Kier molecular flexibility index (Phi) is 5.77. The van der Waals surface area contributed by atoms with Gasteiger partial charge in [-0.3, -0.25) is 14.9 Å². The minimum absolute atomic E-state index is 0.161. The van der Waals surface area contributed by atoms with Crippen molar-refractivity contribution in [3.05, 3.63) is 86.6 Å². The molecule has 144 valence electrons. The van der Waals surface area contributed by atoms with Gasteiger partial charge in [-0.25, -0.2) is 0 Å². The molecule has 1 amide bonds. The zero-order valence-corrected chi connectivity index (χ0v) is 15.9. The number of furan rings is 1. The van der Waals surface area contributed by atoms with Gasteiger partial charge in [-0.2, -0.15) is 5.26 Å². The van der Waals surface area contributed by atoms with Crippen LogP contribution in [0.25, 0.3) is 17.4 Å². The molecule has 0 fully saturated rings. The van der Waals surface area contributed by atoms with Crippen molar-refractivity contribution in [3.63, 3.8) is 0 Å². The van der Waals surface area contributed by atoms with Gasteiger partial charge in [0, 0.05) is 28.8 Å². The van der Waals surface area contributed by atoms with Crippen LogP contribution < -0.4 is 5.32 Å². The van der Waals surface area contributed by atoms with Crippen molar-refractivity contribution in [2.45, 2.75) is 6.92 Å². The van der Waals surface area contributed by atoms with E-state index in [-0.39, 0.29) is 16.9 Å². The number of amides is 1. The second-order valence-electron chi connectivity index (χ2n) is 6.09. The fourth-order valence-electron chi connectivity index (χ4n) is 2.57. The number of carbonyl (C=O) groups excluding carboxylic acids is 1. The maximum absolute atomic E-state index is 12.5. The Morgan fingerprint density at radius 3 is 2.72 bits per heavy atom. The average molecular weight is 408 g/mol. The van der Waals surface area contributed by atoms with Crippen molar-refractivity contribution in [1.29, 1.82) is 5.26 Å². The van der Waals surface area contributed by atoms with Crippen molar-refractivity contribution in [3.8, 4) is 17.4 Å². The van der Waals surface area contributed by atoms with E-state index in [0.29, 0.717) is 22.1 Å². The Hall–Kier alpha value is -3.89. The van der Waals surface area contributed by atoms with E-state index >= 15 is 0 Å². The van der Waals surface area contributed by atoms with Crippen LogP contribution in [-0.4, -0.2) is 10.8 Å². The summed E-state index contributed by atoms with van der Waals surface area (Å²) < 4.78 is 5.68. The van der Waals surface area contributed by atoms with Crippen LogP contribution in [0.3, 0.4) is 0 Å². The van der Waals surface area contributed by atoms with Gasteiger partial charge in [0.05, 0.1) is 10.6 Å². The lowest BCUT2D eigenvalue weighted by Gasteiger charge is -2.07. The fourth-order valence-corrected chi connectivity index (χ4v) is 2.76. The fraction of sp³-hybridized carbons (Fsp3) is 0.0476. The van der Waals surface area contributed by atoms with Crippen molar-refractivity contribution in [1.82, 2.24) is 0 Å². The molecule has 1 heterocycles. The summed E-state index contributed by atoms with van der Waals surface area (Å²) in [5.74, 6) is 0.144. The van der Waals surface area contributed by atoms with Crippen molar-refractivity contribution in [2.75, 3.05) is 5.32 Å². The van der Waals surface area contributed by atoms with Crippen LogP contribution in [0.1, 0.15) is 11.3 Å². The predicted molar refractivity (Wildman–Crippen MR) is 109 cm³/mol. The lowest BCUT2D eigenvalue weighted by Crippen LogP contribution is -2.14. The molecule has 0 radical (unpaired) electrons. The van der Waals surface area contributed by atoms with E-state index in [1.165, 1.54) is 24.3 Å². The van der Waals surface area contributed by atoms with Gasteiger partial charge in [0.15, 0.2) is 0 Å². The molecule has 29 heavy (non-hydrogen) atoms. The standard InChI is InChI=1S/C21H14ClN3O4/c1-13-5-6-17(25(27)28)11-19(13)24-21(26)15(12-23)10-18-7-8-20(29-18)14-3-2-4-16(22)9-14/h2-11H,1H3,(H,24,26). The molecule has 0 aliphatic heterocycles.